The van der Waals surface area contributed by atoms with E-state index in [1.807, 2.05) is 6.07 Å². The maximum absolute atomic E-state index is 13.1. The Morgan fingerprint density at radius 1 is 1.46 bits per heavy atom. The van der Waals surface area contributed by atoms with Crippen molar-refractivity contribution in [2.75, 3.05) is 7.11 Å². The summed E-state index contributed by atoms with van der Waals surface area (Å²) in [6, 6.07) is 2.04. The number of esters is 1. The van der Waals surface area contributed by atoms with Crippen LogP contribution in [0.25, 0.3) is 0 Å². The van der Waals surface area contributed by atoms with Gasteiger partial charge in [0.2, 0.25) is 0 Å². The molecule has 0 fully saturated rings. The lowest BCUT2D eigenvalue weighted by atomic mass is 9.68. The molecule has 1 aromatic rings. The second kappa shape index (κ2) is 6.97. The van der Waals surface area contributed by atoms with Crippen LogP contribution in [0, 0.1) is 11.3 Å². The molecule has 4 nitrogen and oxygen atoms in total. The van der Waals surface area contributed by atoms with E-state index in [1.54, 1.807) is 11.3 Å². The van der Waals surface area contributed by atoms with E-state index in [-0.39, 0.29) is 23.1 Å². The maximum Gasteiger partial charge on any atom is 0.315 e. The molecule has 0 amide bonds. The minimum absolute atomic E-state index is 0.101. The maximum atomic E-state index is 13.1. The Bertz CT molecular complexity index is 821. The Balaban J connectivity index is 2.19. The van der Waals surface area contributed by atoms with Gasteiger partial charge < -0.3 is 10.1 Å². The third-order valence-electron chi connectivity index (χ3n) is 5.11. The first kappa shape index (κ1) is 19.4. The highest BCUT2D eigenvalue weighted by Crippen LogP contribution is 2.50. The Kier molecular flexibility index (Phi) is 5.19. The quantitative estimate of drug-likeness (QED) is 0.695. The van der Waals surface area contributed by atoms with E-state index < -0.39 is 5.92 Å². The molecule has 2 aliphatic rings. The summed E-state index contributed by atoms with van der Waals surface area (Å²) in [5.41, 5.74) is 2.14. The summed E-state index contributed by atoms with van der Waals surface area (Å²) in [7, 11) is 1.38. The molecular formula is C20H24BrNO3S. The van der Waals surface area contributed by atoms with Gasteiger partial charge >= 0.3 is 5.97 Å². The van der Waals surface area contributed by atoms with Crippen LogP contribution in [-0.2, 0) is 20.7 Å². The van der Waals surface area contributed by atoms with Crippen molar-refractivity contribution in [2.45, 2.75) is 46.0 Å². The summed E-state index contributed by atoms with van der Waals surface area (Å²) in [4.78, 5) is 27.8. The predicted octanol–water partition coefficient (Wildman–Crippen LogP) is 4.71. The average Bonchev–Trinajstić information content (AvgIpc) is 2.92. The first-order valence-corrected chi connectivity index (χ1v) is 10.4. The summed E-state index contributed by atoms with van der Waals surface area (Å²) in [6.45, 7) is 10.4. The zero-order valence-electron chi connectivity index (χ0n) is 15.6. The summed E-state index contributed by atoms with van der Waals surface area (Å²) < 4.78 is 6.08. The van der Waals surface area contributed by atoms with Gasteiger partial charge in [0.25, 0.3) is 0 Å². The Labute approximate surface area is 166 Å². The number of nitrogens with one attached hydrogen (secondary N) is 1. The minimum Gasteiger partial charge on any atom is -0.468 e. The van der Waals surface area contributed by atoms with Crippen molar-refractivity contribution < 1.29 is 14.3 Å². The van der Waals surface area contributed by atoms with Crippen LogP contribution in [0.3, 0.4) is 0 Å². The molecule has 3 rings (SSSR count). The molecule has 0 saturated heterocycles. The number of halogens is 1. The number of methoxy groups -OCH3 is 1. The van der Waals surface area contributed by atoms with E-state index in [4.69, 9.17) is 4.74 Å². The molecule has 26 heavy (non-hydrogen) atoms. The van der Waals surface area contributed by atoms with Gasteiger partial charge in [-0.15, -0.1) is 11.3 Å². The number of carbonyl (C=O) groups excluding carboxylic acids is 2. The molecular weight excluding hydrogens is 414 g/mol. The van der Waals surface area contributed by atoms with Gasteiger partial charge in [-0.25, -0.2) is 0 Å². The van der Waals surface area contributed by atoms with Crippen LogP contribution in [0.4, 0.5) is 0 Å². The van der Waals surface area contributed by atoms with Gasteiger partial charge in [0.15, 0.2) is 5.78 Å². The monoisotopic (exact) mass is 437 g/mol. The molecule has 1 N–H and O–H groups in total. The van der Waals surface area contributed by atoms with Crippen LogP contribution in [0.15, 0.2) is 34.1 Å². The van der Waals surface area contributed by atoms with Crippen molar-refractivity contribution in [2.24, 2.45) is 11.3 Å². The lowest BCUT2D eigenvalue weighted by Gasteiger charge is -2.41. The number of ether oxygens (including phenoxy) is 1. The number of carbonyl (C=O) groups is 2. The molecule has 2 heterocycles. The molecule has 1 aromatic heterocycles. The lowest BCUT2D eigenvalue weighted by Crippen LogP contribution is -2.43. The topological polar surface area (TPSA) is 55.4 Å². The number of Topliss-reactive ketones (excluding diaryl/α,β-unsaturated/α-hetero) is 1. The average molecular weight is 438 g/mol. The van der Waals surface area contributed by atoms with Crippen LogP contribution in [-0.4, -0.2) is 18.9 Å². The van der Waals surface area contributed by atoms with Crippen molar-refractivity contribution >= 4 is 39.0 Å². The molecule has 2 atom stereocenters. The SMILES string of the molecule is C=C1NC2=C(C(=O)CC(C)(C)C2)C(c2cc(Br)c(CC)s2)C1C(=O)OC. The highest BCUT2D eigenvalue weighted by molar-refractivity contribution is 9.10. The summed E-state index contributed by atoms with van der Waals surface area (Å²) in [6.07, 6.45) is 2.15. The zero-order valence-corrected chi connectivity index (χ0v) is 18.0. The zero-order chi connectivity index (χ0) is 19.2. The number of aryl methyl sites for hydroxylation is 1. The predicted molar refractivity (Wildman–Crippen MR) is 107 cm³/mol. The lowest BCUT2D eigenvalue weighted by molar-refractivity contribution is -0.144. The number of rotatable bonds is 3. The molecule has 6 heteroatoms. The van der Waals surface area contributed by atoms with Gasteiger partial charge in [0, 0.05) is 43.5 Å². The molecule has 0 spiro atoms. The summed E-state index contributed by atoms with van der Waals surface area (Å²) in [5.74, 6) is -1.19. The number of ketones is 1. The fraction of sp³-hybridized carbons (Fsp3) is 0.500. The van der Waals surface area contributed by atoms with Gasteiger partial charge in [-0.3, -0.25) is 9.59 Å². The van der Waals surface area contributed by atoms with Crippen molar-refractivity contribution in [3.8, 4) is 0 Å². The van der Waals surface area contributed by atoms with Crippen LogP contribution in [0.2, 0.25) is 0 Å². The first-order chi connectivity index (χ1) is 12.2. The number of thiophene rings is 1. The first-order valence-electron chi connectivity index (χ1n) is 8.76. The van der Waals surface area contributed by atoms with E-state index in [9.17, 15) is 9.59 Å². The Morgan fingerprint density at radius 3 is 2.73 bits per heavy atom. The minimum atomic E-state index is -0.598. The standard InChI is InChI=1S/C20H24BrNO3S/c1-6-14-11(21)7-15(26-14)18-16(19(24)25-5)10(2)22-12-8-20(3,4)9-13(23)17(12)18/h7,16,18,22H,2,6,8-9H2,1,3-5H3. The Morgan fingerprint density at radius 2 is 2.15 bits per heavy atom. The second-order valence-corrected chi connectivity index (χ2v) is 9.76. The van der Waals surface area contributed by atoms with Gasteiger partial charge in [0.05, 0.1) is 7.11 Å². The van der Waals surface area contributed by atoms with Crippen LogP contribution >= 0.6 is 27.3 Å². The fourth-order valence-electron chi connectivity index (χ4n) is 3.98. The second-order valence-electron chi connectivity index (χ2n) is 7.74. The van der Waals surface area contributed by atoms with Crippen LogP contribution in [0.1, 0.15) is 49.3 Å². The van der Waals surface area contributed by atoms with E-state index in [2.05, 4.69) is 48.6 Å². The molecule has 2 unspecified atom stereocenters. The van der Waals surface area contributed by atoms with E-state index in [0.29, 0.717) is 12.1 Å². The summed E-state index contributed by atoms with van der Waals surface area (Å²) in [5, 5.41) is 3.26. The third kappa shape index (κ3) is 3.29. The number of hydrogen-bond donors (Lipinski definition) is 1. The van der Waals surface area contributed by atoms with Gasteiger partial charge in [-0.2, -0.15) is 0 Å². The van der Waals surface area contributed by atoms with Crippen molar-refractivity contribution in [3.05, 3.63) is 43.8 Å². The Hall–Kier alpha value is -1.40. The van der Waals surface area contributed by atoms with Crippen LogP contribution in [0.5, 0.6) is 0 Å². The normalized spacial score (nSPS) is 25.0. The molecule has 0 saturated carbocycles. The largest absolute Gasteiger partial charge is 0.468 e. The molecule has 0 bridgehead atoms. The van der Waals surface area contributed by atoms with E-state index in [0.717, 1.165) is 33.5 Å². The molecule has 1 aliphatic heterocycles. The highest BCUT2D eigenvalue weighted by Gasteiger charge is 2.47. The van der Waals surface area contributed by atoms with Crippen LogP contribution < -0.4 is 5.32 Å². The van der Waals surface area contributed by atoms with E-state index in [1.165, 1.54) is 12.0 Å². The smallest absolute Gasteiger partial charge is 0.315 e. The van der Waals surface area contributed by atoms with Gasteiger partial charge in [0.1, 0.15) is 5.92 Å². The summed E-state index contributed by atoms with van der Waals surface area (Å²) >= 11 is 5.26. The fourth-order valence-corrected chi connectivity index (χ4v) is 6.04. The number of allylic oxidation sites excluding steroid dienone is 2. The molecule has 0 radical (unpaired) electrons. The van der Waals surface area contributed by atoms with Crippen molar-refractivity contribution in [1.82, 2.24) is 5.32 Å². The number of hydrogen-bond acceptors (Lipinski definition) is 5. The van der Waals surface area contributed by atoms with Crippen molar-refractivity contribution in [3.63, 3.8) is 0 Å². The molecule has 1 aliphatic carbocycles. The van der Waals surface area contributed by atoms with Gasteiger partial charge in [-0.05, 0) is 40.3 Å². The highest BCUT2D eigenvalue weighted by atomic mass is 79.9. The van der Waals surface area contributed by atoms with E-state index >= 15 is 0 Å². The third-order valence-corrected chi connectivity index (χ3v) is 7.44. The molecule has 140 valence electrons. The molecule has 0 aromatic carbocycles. The van der Waals surface area contributed by atoms with Gasteiger partial charge in [-0.1, -0.05) is 27.4 Å². The van der Waals surface area contributed by atoms with Crippen molar-refractivity contribution in [1.29, 1.82) is 0 Å².